The molecule has 61 valence electrons. The van der Waals surface area contributed by atoms with Crippen LogP contribution >= 0.6 is 0 Å². The minimum atomic E-state index is 0.333. The van der Waals surface area contributed by atoms with Crippen LogP contribution in [0.3, 0.4) is 0 Å². The summed E-state index contributed by atoms with van der Waals surface area (Å²) in [5.74, 6) is 0. The molecule has 0 rings (SSSR count). The molecular weight excluding hydrogens is 126 g/mol. The SMILES string of the molecule is [CH2]C(C)NCCNCCN. The Morgan fingerprint density at radius 1 is 1.40 bits per heavy atom. The lowest BCUT2D eigenvalue weighted by Gasteiger charge is -2.07. The highest BCUT2D eigenvalue weighted by molar-refractivity contribution is 4.62. The minimum absolute atomic E-state index is 0.333. The van der Waals surface area contributed by atoms with E-state index in [0.717, 1.165) is 19.6 Å². The van der Waals surface area contributed by atoms with Crippen LogP contribution in [0.4, 0.5) is 0 Å². The molecule has 0 amide bonds. The molecule has 0 saturated carbocycles. The predicted octanol–water partition coefficient (Wildman–Crippen LogP) is -0.653. The number of hydrogen-bond acceptors (Lipinski definition) is 3. The van der Waals surface area contributed by atoms with Crippen molar-refractivity contribution < 1.29 is 0 Å². The molecule has 0 heterocycles. The minimum Gasteiger partial charge on any atom is -0.329 e. The van der Waals surface area contributed by atoms with E-state index in [1.807, 2.05) is 6.92 Å². The molecule has 0 aliphatic carbocycles. The van der Waals surface area contributed by atoms with Gasteiger partial charge in [0.25, 0.3) is 0 Å². The largest absolute Gasteiger partial charge is 0.329 e. The third-order valence-electron chi connectivity index (χ3n) is 1.12. The third kappa shape index (κ3) is 7.88. The van der Waals surface area contributed by atoms with E-state index in [0.29, 0.717) is 12.6 Å². The van der Waals surface area contributed by atoms with Gasteiger partial charge in [0.1, 0.15) is 0 Å². The fraction of sp³-hybridized carbons (Fsp3) is 0.857. The van der Waals surface area contributed by atoms with Crippen molar-refractivity contribution in [1.29, 1.82) is 0 Å². The van der Waals surface area contributed by atoms with Gasteiger partial charge in [0, 0.05) is 32.2 Å². The van der Waals surface area contributed by atoms with Gasteiger partial charge in [-0.3, -0.25) is 0 Å². The van der Waals surface area contributed by atoms with Gasteiger partial charge in [0.15, 0.2) is 0 Å². The summed E-state index contributed by atoms with van der Waals surface area (Å²) in [4.78, 5) is 0. The molecule has 0 bridgehead atoms. The molecule has 1 radical (unpaired) electrons. The summed E-state index contributed by atoms with van der Waals surface area (Å²) >= 11 is 0. The molecule has 3 heteroatoms. The van der Waals surface area contributed by atoms with Crippen LogP contribution in [0, 0.1) is 6.92 Å². The molecule has 0 aromatic rings. The summed E-state index contributed by atoms with van der Waals surface area (Å²) in [6.45, 7) is 9.36. The second kappa shape index (κ2) is 6.99. The van der Waals surface area contributed by atoms with Crippen molar-refractivity contribution in [3.05, 3.63) is 6.92 Å². The maximum absolute atomic E-state index is 5.28. The van der Waals surface area contributed by atoms with Gasteiger partial charge in [0.2, 0.25) is 0 Å². The summed E-state index contributed by atoms with van der Waals surface area (Å²) in [5, 5.41) is 6.37. The first-order valence-corrected chi connectivity index (χ1v) is 3.74. The Hall–Kier alpha value is -0.120. The Morgan fingerprint density at radius 3 is 2.60 bits per heavy atom. The second-order valence-electron chi connectivity index (χ2n) is 2.39. The van der Waals surface area contributed by atoms with Crippen molar-refractivity contribution in [2.24, 2.45) is 5.73 Å². The maximum atomic E-state index is 5.28. The van der Waals surface area contributed by atoms with E-state index in [1.54, 1.807) is 0 Å². The molecule has 0 aromatic carbocycles. The van der Waals surface area contributed by atoms with Crippen LogP contribution in [-0.4, -0.2) is 32.2 Å². The van der Waals surface area contributed by atoms with Crippen molar-refractivity contribution >= 4 is 0 Å². The fourth-order valence-electron chi connectivity index (χ4n) is 0.634. The first-order valence-electron chi connectivity index (χ1n) is 3.74. The molecule has 0 aromatic heterocycles. The predicted molar refractivity (Wildman–Crippen MR) is 44.7 cm³/mol. The number of hydrogen-bond donors (Lipinski definition) is 3. The first kappa shape index (κ1) is 9.88. The maximum Gasteiger partial charge on any atom is 0.00792 e. The number of nitrogens with one attached hydrogen (secondary N) is 2. The molecule has 0 aliphatic heterocycles. The van der Waals surface area contributed by atoms with Crippen LogP contribution in [0.15, 0.2) is 0 Å². The molecule has 0 aliphatic rings. The molecule has 1 unspecified atom stereocenters. The quantitative estimate of drug-likeness (QED) is 0.434. The molecule has 0 fully saturated rings. The van der Waals surface area contributed by atoms with Gasteiger partial charge in [-0.2, -0.15) is 0 Å². The van der Waals surface area contributed by atoms with Crippen LogP contribution in [0.1, 0.15) is 6.92 Å². The highest BCUT2D eigenvalue weighted by Crippen LogP contribution is 1.71. The monoisotopic (exact) mass is 144 g/mol. The molecular formula is C7H18N3. The summed E-state index contributed by atoms with van der Waals surface area (Å²) in [5.41, 5.74) is 5.28. The van der Waals surface area contributed by atoms with Gasteiger partial charge in [-0.25, -0.2) is 0 Å². The Bertz CT molecular complexity index is 63.9. The van der Waals surface area contributed by atoms with Gasteiger partial charge >= 0.3 is 0 Å². The van der Waals surface area contributed by atoms with Crippen molar-refractivity contribution in [1.82, 2.24) is 10.6 Å². The standard InChI is InChI=1S/C7H18N3/c1-7(2)10-6-5-9-4-3-8/h7,9-10H,1,3-6,8H2,2H3. The summed E-state index contributed by atoms with van der Waals surface area (Å²) < 4.78 is 0. The lowest BCUT2D eigenvalue weighted by molar-refractivity contribution is 0.584. The van der Waals surface area contributed by atoms with E-state index in [2.05, 4.69) is 17.6 Å². The van der Waals surface area contributed by atoms with E-state index >= 15 is 0 Å². The lowest BCUT2D eigenvalue weighted by Crippen LogP contribution is -2.33. The highest BCUT2D eigenvalue weighted by atomic mass is 15.0. The number of nitrogens with two attached hydrogens (primary N) is 1. The van der Waals surface area contributed by atoms with Crippen molar-refractivity contribution in [2.45, 2.75) is 13.0 Å². The molecule has 4 N–H and O–H groups in total. The van der Waals surface area contributed by atoms with E-state index in [-0.39, 0.29) is 0 Å². The molecule has 0 saturated heterocycles. The van der Waals surface area contributed by atoms with Gasteiger partial charge < -0.3 is 16.4 Å². The Labute approximate surface area is 63.4 Å². The molecule has 1 atom stereocenters. The molecule has 10 heavy (non-hydrogen) atoms. The average Bonchev–Trinajstić information content (AvgIpc) is 1.87. The Morgan fingerprint density at radius 2 is 2.10 bits per heavy atom. The van der Waals surface area contributed by atoms with E-state index in [9.17, 15) is 0 Å². The van der Waals surface area contributed by atoms with Gasteiger partial charge in [-0.05, 0) is 13.8 Å². The molecule has 3 nitrogen and oxygen atoms in total. The van der Waals surface area contributed by atoms with Gasteiger partial charge in [-0.15, -0.1) is 0 Å². The second-order valence-corrected chi connectivity index (χ2v) is 2.39. The van der Waals surface area contributed by atoms with Crippen LogP contribution in [0.5, 0.6) is 0 Å². The van der Waals surface area contributed by atoms with Crippen molar-refractivity contribution in [3.8, 4) is 0 Å². The summed E-state index contributed by atoms with van der Waals surface area (Å²) in [6.07, 6.45) is 0. The van der Waals surface area contributed by atoms with Crippen LogP contribution in [-0.2, 0) is 0 Å². The Balaban J connectivity index is 2.77. The van der Waals surface area contributed by atoms with E-state index in [4.69, 9.17) is 5.73 Å². The zero-order valence-electron chi connectivity index (χ0n) is 6.69. The highest BCUT2D eigenvalue weighted by Gasteiger charge is 1.89. The lowest BCUT2D eigenvalue weighted by atomic mass is 10.4. The number of rotatable bonds is 6. The Kier molecular flexibility index (Phi) is 6.91. The van der Waals surface area contributed by atoms with Crippen LogP contribution in [0.25, 0.3) is 0 Å². The normalized spacial score (nSPS) is 10.8. The van der Waals surface area contributed by atoms with E-state index in [1.165, 1.54) is 0 Å². The van der Waals surface area contributed by atoms with Gasteiger partial charge in [-0.1, -0.05) is 0 Å². The fourth-order valence-corrected chi connectivity index (χ4v) is 0.634. The van der Waals surface area contributed by atoms with Gasteiger partial charge in [0.05, 0.1) is 0 Å². The van der Waals surface area contributed by atoms with E-state index < -0.39 is 0 Å². The van der Waals surface area contributed by atoms with Crippen molar-refractivity contribution in [2.75, 3.05) is 26.2 Å². The third-order valence-corrected chi connectivity index (χ3v) is 1.12. The zero-order chi connectivity index (χ0) is 7.82. The smallest absolute Gasteiger partial charge is 0.00792 e. The van der Waals surface area contributed by atoms with Crippen LogP contribution in [0.2, 0.25) is 0 Å². The van der Waals surface area contributed by atoms with Crippen molar-refractivity contribution in [3.63, 3.8) is 0 Å². The summed E-state index contributed by atoms with van der Waals surface area (Å²) in [6, 6.07) is 0.333. The zero-order valence-corrected chi connectivity index (χ0v) is 6.69. The average molecular weight is 144 g/mol. The first-order chi connectivity index (χ1) is 4.77. The van der Waals surface area contributed by atoms with Crippen LogP contribution < -0.4 is 16.4 Å². The molecule has 0 spiro atoms. The topological polar surface area (TPSA) is 50.1 Å². The summed E-state index contributed by atoms with van der Waals surface area (Å²) in [7, 11) is 0.